The fraction of sp³-hybridized carbons (Fsp3) is 0.417. The molecule has 1 aromatic carbocycles. The molecule has 5 N–H and O–H groups in total. The molecule has 15 heteroatoms. The number of anilines is 1. The van der Waals surface area contributed by atoms with Crippen LogP contribution in [0.4, 0.5) is 5.82 Å². The third-order valence-corrected chi connectivity index (χ3v) is 7.84. The molecule has 39 heavy (non-hydrogen) atoms. The standard InChI is InChI=1S/C24H29N6O8P/c1-4-35-22(33)23(2,3)29-39(34,38-15-8-6-5-7-9-15)36-12-17-19(31)20(32)24(13-25,37-17)18-11-10-16-21(26)27-14-28-30(16)18/h5-11,14,17,19-20,31-32H,4,12H2,1-3H3,(H,29,34)(H2,26,27,28)/t17?,19-,20-,24+,39?/m1/s1. The summed E-state index contributed by atoms with van der Waals surface area (Å²) < 4.78 is 37.3. The normalized spacial score (nSPS) is 24.7. The average Bonchev–Trinajstić information content (AvgIpc) is 3.44. The maximum absolute atomic E-state index is 13.9. The van der Waals surface area contributed by atoms with E-state index in [1.165, 1.54) is 42.9 Å². The first-order valence-electron chi connectivity index (χ1n) is 12.0. The molecule has 0 aliphatic carbocycles. The van der Waals surface area contributed by atoms with Crippen LogP contribution in [0.2, 0.25) is 0 Å². The number of aromatic nitrogens is 3. The Labute approximate surface area is 223 Å². The minimum Gasteiger partial charge on any atom is -0.465 e. The Morgan fingerprint density at radius 2 is 2.03 bits per heavy atom. The van der Waals surface area contributed by atoms with Crippen LogP contribution >= 0.6 is 7.75 Å². The molecule has 0 bridgehead atoms. The van der Waals surface area contributed by atoms with E-state index in [0.717, 1.165) is 0 Å². The van der Waals surface area contributed by atoms with Crippen molar-refractivity contribution in [3.8, 4) is 11.8 Å². The van der Waals surface area contributed by atoms with E-state index in [0.29, 0.717) is 5.52 Å². The Hall–Kier alpha value is -3.57. The summed E-state index contributed by atoms with van der Waals surface area (Å²) in [5.74, 6) is -0.404. The fourth-order valence-corrected chi connectivity index (χ4v) is 5.80. The van der Waals surface area contributed by atoms with Crippen LogP contribution < -0.4 is 15.3 Å². The van der Waals surface area contributed by atoms with Crippen molar-refractivity contribution in [2.24, 2.45) is 0 Å². The maximum atomic E-state index is 13.9. The molecule has 1 fully saturated rings. The van der Waals surface area contributed by atoms with Gasteiger partial charge in [0.15, 0.2) is 5.82 Å². The van der Waals surface area contributed by atoms with E-state index in [-0.39, 0.29) is 23.9 Å². The molecule has 14 nitrogen and oxygen atoms in total. The molecule has 3 heterocycles. The SMILES string of the molecule is CCOC(=O)C(C)(C)NP(=O)(OCC1O[C@@](C#N)(c2ccc3c(N)ncnn23)[C@H](O)[C@@H]1O)Oc1ccccc1. The third-order valence-electron chi connectivity index (χ3n) is 6.07. The van der Waals surface area contributed by atoms with Crippen LogP contribution in [0.1, 0.15) is 26.5 Å². The smallest absolute Gasteiger partial charge is 0.459 e. The van der Waals surface area contributed by atoms with E-state index in [1.807, 2.05) is 6.07 Å². The number of aliphatic hydroxyl groups is 2. The van der Waals surface area contributed by atoms with Crippen molar-refractivity contribution in [1.29, 1.82) is 5.26 Å². The van der Waals surface area contributed by atoms with Gasteiger partial charge in [0.2, 0.25) is 5.60 Å². The Morgan fingerprint density at radius 3 is 2.69 bits per heavy atom. The van der Waals surface area contributed by atoms with Gasteiger partial charge in [-0.15, -0.1) is 0 Å². The second-order valence-corrected chi connectivity index (χ2v) is 10.9. The number of nitrogens with two attached hydrogens (primary N) is 1. The van der Waals surface area contributed by atoms with E-state index in [9.17, 15) is 24.8 Å². The Morgan fingerprint density at radius 1 is 1.31 bits per heavy atom. The maximum Gasteiger partial charge on any atom is 0.459 e. The number of carbonyl (C=O) groups excluding carboxylic acids is 1. The number of ether oxygens (including phenoxy) is 2. The van der Waals surface area contributed by atoms with Crippen LogP contribution in [0, 0.1) is 11.3 Å². The predicted octanol–water partition coefficient (Wildman–Crippen LogP) is 1.29. The highest BCUT2D eigenvalue weighted by molar-refractivity contribution is 7.52. The van der Waals surface area contributed by atoms with Crippen molar-refractivity contribution in [2.75, 3.05) is 18.9 Å². The zero-order valence-corrected chi connectivity index (χ0v) is 22.3. The Bertz CT molecular complexity index is 1430. The number of nitrogen functional groups attached to an aromatic ring is 1. The zero-order valence-electron chi connectivity index (χ0n) is 21.4. The van der Waals surface area contributed by atoms with Crippen molar-refractivity contribution in [2.45, 2.75) is 50.2 Å². The number of nitriles is 1. The summed E-state index contributed by atoms with van der Waals surface area (Å²) in [7, 11) is -4.34. The summed E-state index contributed by atoms with van der Waals surface area (Å²) in [6, 6.07) is 13.0. The van der Waals surface area contributed by atoms with Gasteiger partial charge in [-0.3, -0.25) is 9.32 Å². The summed E-state index contributed by atoms with van der Waals surface area (Å²) in [6.45, 7) is 4.00. The van der Waals surface area contributed by atoms with Gasteiger partial charge in [-0.2, -0.15) is 15.4 Å². The first kappa shape index (κ1) is 28.4. The summed E-state index contributed by atoms with van der Waals surface area (Å²) in [6.07, 6.45) is -3.56. The lowest BCUT2D eigenvalue weighted by Gasteiger charge is -2.29. The molecule has 1 saturated heterocycles. The molecule has 2 unspecified atom stereocenters. The number of nitrogens with zero attached hydrogens (tertiary/aromatic N) is 4. The Balaban J connectivity index is 1.61. The molecule has 0 spiro atoms. The molecule has 0 radical (unpaired) electrons. The zero-order chi connectivity index (χ0) is 28.4. The minimum absolute atomic E-state index is 0.0911. The van der Waals surface area contributed by atoms with Crippen molar-refractivity contribution in [1.82, 2.24) is 19.7 Å². The number of carbonyl (C=O) groups is 1. The molecular weight excluding hydrogens is 531 g/mol. The topological polar surface area (TPSA) is 204 Å². The molecule has 5 atom stereocenters. The van der Waals surface area contributed by atoms with E-state index in [4.69, 9.17) is 24.3 Å². The lowest BCUT2D eigenvalue weighted by Crippen LogP contribution is -2.47. The van der Waals surface area contributed by atoms with E-state index >= 15 is 0 Å². The van der Waals surface area contributed by atoms with E-state index in [1.54, 1.807) is 31.2 Å². The third kappa shape index (κ3) is 5.46. The predicted molar refractivity (Wildman–Crippen MR) is 136 cm³/mol. The Kier molecular flexibility index (Phi) is 7.94. The summed E-state index contributed by atoms with van der Waals surface area (Å²) in [5.41, 5.74) is 2.74. The van der Waals surface area contributed by atoms with Crippen LogP contribution in [-0.4, -0.2) is 67.8 Å². The van der Waals surface area contributed by atoms with Crippen molar-refractivity contribution in [3.63, 3.8) is 0 Å². The molecule has 1 aliphatic heterocycles. The second kappa shape index (κ2) is 10.9. The summed E-state index contributed by atoms with van der Waals surface area (Å²) in [5, 5.41) is 38.5. The van der Waals surface area contributed by atoms with Gasteiger partial charge in [0.1, 0.15) is 47.5 Å². The number of hydrogen-bond acceptors (Lipinski definition) is 12. The van der Waals surface area contributed by atoms with Gasteiger partial charge in [-0.05, 0) is 45.0 Å². The van der Waals surface area contributed by atoms with Crippen LogP contribution in [-0.2, 0) is 29.0 Å². The summed E-state index contributed by atoms with van der Waals surface area (Å²) in [4.78, 5) is 16.4. The van der Waals surface area contributed by atoms with Gasteiger partial charge in [0, 0.05) is 0 Å². The number of rotatable bonds is 10. The first-order valence-corrected chi connectivity index (χ1v) is 13.5. The molecule has 4 rings (SSSR count). The summed E-state index contributed by atoms with van der Waals surface area (Å²) >= 11 is 0. The quantitative estimate of drug-likeness (QED) is 0.204. The van der Waals surface area contributed by atoms with Crippen molar-refractivity contribution in [3.05, 3.63) is 54.5 Å². The van der Waals surface area contributed by atoms with Crippen molar-refractivity contribution >= 4 is 25.1 Å². The first-order chi connectivity index (χ1) is 18.5. The number of hydrogen-bond donors (Lipinski definition) is 4. The highest BCUT2D eigenvalue weighted by Gasteiger charge is 2.58. The number of fused-ring (bicyclic) bond motifs is 1. The fourth-order valence-electron chi connectivity index (χ4n) is 4.12. The number of para-hydroxylation sites is 1. The van der Waals surface area contributed by atoms with Gasteiger partial charge in [0.05, 0.1) is 18.9 Å². The molecule has 2 aromatic heterocycles. The molecular formula is C24H29N6O8P. The van der Waals surface area contributed by atoms with Gasteiger partial charge >= 0.3 is 13.7 Å². The van der Waals surface area contributed by atoms with E-state index < -0.39 is 49.8 Å². The molecule has 3 aromatic rings. The number of aliphatic hydroxyl groups excluding tert-OH is 2. The molecule has 0 amide bonds. The lowest BCUT2D eigenvalue weighted by molar-refractivity contribution is -0.149. The van der Waals surface area contributed by atoms with Crippen LogP contribution in [0.15, 0.2) is 48.8 Å². The number of benzene rings is 1. The second-order valence-electron chi connectivity index (χ2n) is 9.25. The number of nitrogens with one attached hydrogen (secondary N) is 1. The largest absolute Gasteiger partial charge is 0.465 e. The monoisotopic (exact) mass is 560 g/mol. The van der Waals surface area contributed by atoms with Crippen LogP contribution in [0.3, 0.4) is 0 Å². The highest BCUT2D eigenvalue weighted by atomic mass is 31.2. The van der Waals surface area contributed by atoms with Gasteiger partial charge in [0.25, 0.3) is 0 Å². The highest BCUT2D eigenvalue weighted by Crippen LogP contribution is 2.48. The van der Waals surface area contributed by atoms with Crippen molar-refractivity contribution < 1.29 is 38.1 Å². The molecule has 1 aliphatic rings. The molecule has 0 saturated carbocycles. The molecule has 208 valence electrons. The lowest BCUT2D eigenvalue weighted by atomic mass is 9.92. The van der Waals surface area contributed by atoms with Gasteiger partial charge < -0.3 is 29.9 Å². The van der Waals surface area contributed by atoms with Crippen LogP contribution in [0.5, 0.6) is 5.75 Å². The van der Waals surface area contributed by atoms with Gasteiger partial charge in [-0.1, -0.05) is 18.2 Å². The van der Waals surface area contributed by atoms with Crippen LogP contribution in [0.25, 0.3) is 5.52 Å². The number of esters is 1. The van der Waals surface area contributed by atoms with E-state index in [2.05, 4.69) is 15.2 Å². The minimum atomic E-state index is -4.34. The average molecular weight is 561 g/mol. The van der Waals surface area contributed by atoms with Gasteiger partial charge in [-0.25, -0.2) is 14.1 Å².